The molecule has 0 aliphatic carbocycles. The lowest BCUT2D eigenvalue weighted by atomic mass is 9.99. The molecule has 1 aromatic rings. The Morgan fingerprint density at radius 2 is 1.67 bits per heavy atom. The highest BCUT2D eigenvalue weighted by atomic mass is 19.3. The van der Waals surface area contributed by atoms with E-state index in [9.17, 15) is 8.78 Å². The number of benzene rings is 1. The zero-order valence-electron chi connectivity index (χ0n) is 9.10. The number of halogens is 2. The van der Waals surface area contributed by atoms with Gasteiger partial charge in [0.15, 0.2) is 0 Å². The predicted molar refractivity (Wildman–Crippen MR) is 56.8 cm³/mol. The van der Waals surface area contributed by atoms with Crippen LogP contribution in [0, 0.1) is 20.8 Å². The van der Waals surface area contributed by atoms with Crippen LogP contribution in [-0.4, -0.2) is 6.61 Å². The van der Waals surface area contributed by atoms with Crippen LogP contribution in [0.4, 0.5) is 8.78 Å². The molecule has 0 aliphatic heterocycles. The molecule has 0 atom stereocenters. The van der Waals surface area contributed by atoms with E-state index in [1.165, 1.54) is 0 Å². The molecule has 15 heavy (non-hydrogen) atoms. The second-order valence-corrected chi connectivity index (χ2v) is 3.58. The van der Waals surface area contributed by atoms with Crippen LogP contribution in [0.3, 0.4) is 0 Å². The molecule has 0 radical (unpaired) electrons. The van der Waals surface area contributed by atoms with Crippen molar-refractivity contribution in [1.29, 1.82) is 0 Å². The fourth-order valence-electron chi connectivity index (χ4n) is 1.79. The number of aryl methyl sites for hydroxylation is 3. The van der Waals surface area contributed by atoms with Gasteiger partial charge in [0.1, 0.15) is 5.76 Å². The largest absolute Gasteiger partial charge is 0.435 e. The lowest BCUT2D eigenvalue weighted by Crippen LogP contribution is -2.01. The summed E-state index contributed by atoms with van der Waals surface area (Å²) in [5.41, 5.74) is 3.57. The summed E-state index contributed by atoms with van der Waals surface area (Å²) < 4.78 is 28.4. The van der Waals surface area contributed by atoms with Crippen molar-refractivity contribution >= 4 is 5.76 Å². The van der Waals surface area contributed by atoms with Crippen molar-refractivity contribution in [3.05, 3.63) is 41.0 Å². The van der Waals surface area contributed by atoms with E-state index in [4.69, 9.17) is 0 Å². The van der Waals surface area contributed by atoms with Gasteiger partial charge in [-0.2, -0.15) is 8.78 Å². The first-order valence-electron chi connectivity index (χ1n) is 4.63. The minimum Gasteiger partial charge on any atom is -0.435 e. The van der Waals surface area contributed by atoms with Crippen LogP contribution in [-0.2, 0) is 4.74 Å². The monoisotopic (exact) mass is 212 g/mol. The Morgan fingerprint density at radius 3 is 2.07 bits per heavy atom. The molecule has 0 saturated carbocycles. The first-order chi connectivity index (χ1) is 6.91. The number of ether oxygens (including phenoxy) is 1. The molecule has 0 amide bonds. The van der Waals surface area contributed by atoms with Gasteiger partial charge in [0.05, 0.1) is 0 Å². The summed E-state index contributed by atoms with van der Waals surface area (Å²) in [5, 5.41) is 0. The smallest absolute Gasteiger partial charge is 0.387 e. The lowest BCUT2D eigenvalue weighted by Gasteiger charge is -2.14. The second kappa shape index (κ2) is 4.43. The molecule has 1 rings (SSSR count). The summed E-state index contributed by atoms with van der Waals surface area (Å²) in [7, 11) is 0. The van der Waals surface area contributed by atoms with E-state index in [1.807, 2.05) is 32.9 Å². The Balaban J connectivity index is 3.09. The molecule has 82 valence electrons. The summed E-state index contributed by atoms with van der Waals surface area (Å²) in [6.07, 6.45) is 0. The molecule has 0 saturated heterocycles. The third-order valence-corrected chi connectivity index (χ3v) is 2.19. The fraction of sp³-hybridized carbons (Fsp3) is 0.333. The van der Waals surface area contributed by atoms with Gasteiger partial charge in [0.2, 0.25) is 0 Å². The van der Waals surface area contributed by atoms with Crippen molar-refractivity contribution in [2.75, 3.05) is 0 Å². The summed E-state index contributed by atoms with van der Waals surface area (Å²) in [6.45, 7) is 6.36. The van der Waals surface area contributed by atoms with Crippen LogP contribution in [0.2, 0.25) is 0 Å². The van der Waals surface area contributed by atoms with Gasteiger partial charge in [0, 0.05) is 5.56 Å². The summed E-state index contributed by atoms with van der Waals surface area (Å²) >= 11 is 0. The average molecular weight is 212 g/mol. The molecule has 1 aromatic carbocycles. The highest BCUT2D eigenvalue weighted by Gasteiger charge is 2.12. The summed E-state index contributed by atoms with van der Waals surface area (Å²) in [6, 6.07) is 3.84. The molecular formula is C12H14F2O. The molecule has 0 fully saturated rings. The van der Waals surface area contributed by atoms with Crippen molar-refractivity contribution in [1.82, 2.24) is 0 Å². The minimum atomic E-state index is -2.82. The van der Waals surface area contributed by atoms with Gasteiger partial charge in [-0.3, -0.25) is 0 Å². The normalized spacial score (nSPS) is 10.5. The first-order valence-corrected chi connectivity index (χ1v) is 4.63. The second-order valence-electron chi connectivity index (χ2n) is 3.58. The van der Waals surface area contributed by atoms with Gasteiger partial charge >= 0.3 is 6.61 Å². The maximum absolute atomic E-state index is 12.0. The van der Waals surface area contributed by atoms with Gasteiger partial charge in [-0.25, -0.2) is 0 Å². The maximum Gasteiger partial charge on any atom is 0.387 e. The van der Waals surface area contributed by atoms with Crippen LogP contribution in [0.15, 0.2) is 18.7 Å². The standard InChI is InChI=1S/C12H14F2O/c1-7-5-8(2)11(9(3)6-7)10(4)15-12(13)14/h5-6,12H,4H2,1-3H3. The lowest BCUT2D eigenvalue weighted by molar-refractivity contribution is -0.0708. The highest BCUT2D eigenvalue weighted by Crippen LogP contribution is 2.25. The Labute approximate surface area is 88.4 Å². The molecule has 0 N–H and O–H groups in total. The summed E-state index contributed by atoms with van der Waals surface area (Å²) in [5.74, 6) is 0.0278. The number of alkyl halides is 2. The molecular weight excluding hydrogens is 198 g/mol. The zero-order valence-corrected chi connectivity index (χ0v) is 9.10. The Hall–Kier alpha value is -1.38. The van der Waals surface area contributed by atoms with Gasteiger partial charge in [-0.1, -0.05) is 24.3 Å². The SMILES string of the molecule is C=C(OC(F)F)c1c(C)cc(C)cc1C. The fourth-order valence-corrected chi connectivity index (χ4v) is 1.79. The van der Waals surface area contributed by atoms with E-state index >= 15 is 0 Å². The Morgan fingerprint density at radius 1 is 1.20 bits per heavy atom. The van der Waals surface area contributed by atoms with Crippen molar-refractivity contribution in [3.63, 3.8) is 0 Å². The number of hydrogen-bond donors (Lipinski definition) is 0. The molecule has 1 nitrogen and oxygen atoms in total. The van der Waals surface area contributed by atoms with Gasteiger partial charge in [-0.15, -0.1) is 0 Å². The maximum atomic E-state index is 12.0. The molecule has 0 spiro atoms. The molecule has 0 aromatic heterocycles. The van der Waals surface area contributed by atoms with Gasteiger partial charge < -0.3 is 4.74 Å². The van der Waals surface area contributed by atoms with E-state index in [0.717, 1.165) is 16.7 Å². The van der Waals surface area contributed by atoms with E-state index < -0.39 is 6.61 Å². The first kappa shape index (κ1) is 11.7. The Kier molecular flexibility index (Phi) is 3.45. The number of rotatable bonds is 3. The quantitative estimate of drug-likeness (QED) is 0.692. The van der Waals surface area contributed by atoms with Gasteiger partial charge in [-0.05, 0) is 31.9 Å². The van der Waals surface area contributed by atoms with Crippen LogP contribution in [0.1, 0.15) is 22.3 Å². The summed E-state index contributed by atoms with van der Waals surface area (Å²) in [4.78, 5) is 0. The molecule has 0 heterocycles. The zero-order chi connectivity index (χ0) is 11.6. The topological polar surface area (TPSA) is 9.23 Å². The van der Waals surface area contributed by atoms with Crippen molar-refractivity contribution in [2.45, 2.75) is 27.4 Å². The van der Waals surface area contributed by atoms with Crippen molar-refractivity contribution < 1.29 is 13.5 Å². The molecule has 0 unspecified atom stereocenters. The van der Waals surface area contributed by atoms with Crippen LogP contribution < -0.4 is 0 Å². The van der Waals surface area contributed by atoms with Crippen LogP contribution >= 0.6 is 0 Å². The molecule has 3 heteroatoms. The average Bonchev–Trinajstić information content (AvgIpc) is 1.99. The molecule has 0 bridgehead atoms. The third kappa shape index (κ3) is 2.78. The van der Waals surface area contributed by atoms with Crippen LogP contribution in [0.5, 0.6) is 0 Å². The van der Waals surface area contributed by atoms with Crippen LogP contribution in [0.25, 0.3) is 5.76 Å². The van der Waals surface area contributed by atoms with E-state index in [-0.39, 0.29) is 5.76 Å². The van der Waals surface area contributed by atoms with Crippen molar-refractivity contribution in [3.8, 4) is 0 Å². The molecule has 0 aliphatic rings. The number of hydrogen-bond acceptors (Lipinski definition) is 1. The van der Waals surface area contributed by atoms with E-state index in [2.05, 4.69) is 11.3 Å². The van der Waals surface area contributed by atoms with Gasteiger partial charge in [0.25, 0.3) is 0 Å². The van der Waals surface area contributed by atoms with E-state index in [0.29, 0.717) is 5.56 Å². The van der Waals surface area contributed by atoms with E-state index in [1.54, 1.807) is 0 Å². The highest BCUT2D eigenvalue weighted by molar-refractivity contribution is 5.64. The van der Waals surface area contributed by atoms with Crippen molar-refractivity contribution in [2.24, 2.45) is 0 Å². The Bertz CT molecular complexity index is 360. The predicted octanol–water partition coefficient (Wildman–Crippen LogP) is 3.82. The minimum absolute atomic E-state index is 0.0278. The third-order valence-electron chi connectivity index (χ3n) is 2.19.